The van der Waals surface area contributed by atoms with Gasteiger partial charge in [0.15, 0.2) is 0 Å². The lowest BCUT2D eigenvalue weighted by molar-refractivity contribution is -0.133. The first kappa shape index (κ1) is 30.1. The van der Waals surface area contributed by atoms with E-state index in [2.05, 4.69) is 9.88 Å². The van der Waals surface area contributed by atoms with Gasteiger partial charge in [-0.1, -0.05) is 36.4 Å². The molecular weight excluding hydrogens is 542 g/mol. The number of likely N-dealkylation sites (N-methyl/N-ethyl adjacent to an activating group) is 1. The molecular formula is C34H39N5O4. The number of benzene rings is 3. The molecule has 1 aliphatic rings. The smallest absolute Gasteiger partial charge is 0.269 e. The molecule has 5 rings (SSSR count). The van der Waals surface area contributed by atoms with Crippen LogP contribution in [0.5, 0.6) is 0 Å². The van der Waals surface area contributed by atoms with E-state index in [0.717, 1.165) is 40.9 Å². The molecule has 9 heteroatoms. The number of carbonyl (C=O) groups excluding carboxylic acids is 2. The third kappa shape index (κ3) is 6.68. The normalized spacial score (nSPS) is 14.4. The number of aromatic nitrogens is 2. The first-order chi connectivity index (χ1) is 20.6. The molecule has 0 aliphatic carbocycles. The van der Waals surface area contributed by atoms with Gasteiger partial charge in [0.1, 0.15) is 6.54 Å². The Morgan fingerprint density at radius 2 is 1.63 bits per heavy atom. The second kappa shape index (κ2) is 12.9. The number of rotatable bonds is 8. The molecule has 2 heterocycles. The van der Waals surface area contributed by atoms with Crippen molar-refractivity contribution in [2.75, 3.05) is 54.0 Å². The summed E-state index contributed by atoms with van der Waals surface area (Å²) in [7, 11) is 5.29. The molecule has 1 aromatic heterocycles. The van der Waals surface area contributed by atoms with Gasteiger partial charge >= 0.3 is 0 Å². The second-order valence-electron chi connectivity index (χ2n) is 11.4. The Kier molecular flexibility index (Phi) is 9.03. The van der Waals surface area contributed by atoms with Crippen molar-refractivity contribution >= 4 is 22.8 Å². The molecule has 1 unspecified atom stereocenters. The summed E-state index contributed by atoms with van der Waals surface area (Å²) in [6.45, 7) is 7.44. The van der Waals surface area contributed by atoms with E-state index in [1.54, 1.807) is 23.9 Å². The maximum Gasteiger partial charge on any atom is 0.269 e. The van der Waals surface area contributed by atoms with E-state index < -0.39 is 0 Å². The Balaban J connectivity index is 1.44. The fourth-order valence-corrected chi connectivity index (χ4v) is 5.47. The SMILES string of the molecule is Cc1cc2ncc(=O)n(CC(=O)N(C)C(CN3CCOCC3)c3ccc(-c4cccc(C(=O)N(C)C)c4)cc3)c2cc1C. The molecule has 1 aliphatic heterocycles. The van der Waals surface area contributed by atoms with Gasteiger partial charge in [0.2, 0.25) is 5.91 Å². The Labute approximate surface area is 252 Å². The summed E-state index contributed by atoms with van der Waals surface area (Å²) < 4.78 is 7.08. The summed E-state index contributed by atoms with van der Waals surface area (Å²) >= 11 is 0. The molecule has 0 spiro atoms. The van der Waals surface area contributed by atoms with Gasteiger partial charge in [0, 0.05) is 46.3 Å². The first-order valence-electron chi connectivity index (χ1n) is 14.6. The maximum absolute atomic E-state index is 13.8. The molecule has 43 heavy (non-hydrogen) atoms. The van der Waals surface area contributed by atoms with Crippen LogP contribution in [0.1, 0.15) is 33.1 Å². The first-order valence-corrected chi connectivity index (χ1v) is 14.6. The van der Waals surface area contributed by atoms with Crippen LogP contribution in [0.25, 0.3) is 22.2 Å². The number of hydrogen-bond acceptors (Lipinski definition) is 6. The van der Waals surface area contributed by atoms with Crippen LogP contribution in [-0.2, 0) is 16.1 Å². The van der Waals surface area contributed by atoms with Gasteiger partial charge in [-0.15, -0.1) is 0 Å². The largest absolute Gasteiger partial charge is 0.379 e. The van der Waals surface area contributed by atoms with Crippen LogP contribution in [0.15, 0.2) is 71.7 Å². The van der Waals surface area contributed by atoms with E-state index in [1.807, 2.05) is 81.6 Å². The number of ether oxygens (including phenoxy) is 1. The van der Waals surface area contributed by atoms with Crippen LogP contribution >= 0.6 is 0 Å². The average molecular weight is 582 g/mol. The summed E-state index contributed by atoms with van der Waals surface area (Å²) in [4.78, 5) is 49.2. The van der Waals surface area contributed by atoms with E-state index >= 15 is 0 Å². The molecule has 3 aromatic carbocycles. The van der Waals surface area contributed by atoms with Crippen LogP contribution in [0.4, 0.5) is 0 Å². The standard InChI is InChI=1S/C34H39N5O4/c1-23-17-29-30(18-24(23)2)39(32(40)20-35-29)22-33(41)37(5)31(21-38-13-15-43-16-14-38)26-11-9-25(10-12-26)27-7-6-8-28(19-27)34(42)36(3)4/h6-12,17-20,31H,13-16,21-22H2,1-5H3. The fraction of sp³-hybridized carbons (Fsp3) is 0.353. The molecule has 2 amide bonds. The van der Waals surface area contributed by atoms with Gasteiger partial charge < -0.3 is 14.5 Å². The van der Waals surface area contributed by atoms with Crippen LogP contribution < -0.4 is 5.56 Å². The van der Waals surface area contributed by atoms with E-state index in [1.165, 1.54) is 10.8 Å². The van der Waals surface area contributed by atoms with Gasteiger partial charge in [0.05, 0.1) is 36.5 Å². The molecule has 0 saturated carbocycles. The highest BCUT2D eigenvalue weighted by Gasteiger charge is 2.26. The Hall–Kier alpha value is -4.34. The number of morpholine rings is 1. The van der Waals surface area contributed by atoms with E-state index in [9.17, 15) is 14.4 Å². The predicted octanol–water partition coefficient (Wildman–Crippen LogP) is 3.91. The van der Waals surface area contributed by atoms with E-state index in [4.69, 9.17) is 4.74 Å². The van der Waals surface area contributed by atoms with Gasteiger partial charge in [-0.05, 0) is 65.9 Å². The van der Waals surface area contributed by atoms with Gasteiger partial charge in [0.25, 0.3) is 11.5 Å². The van der Waals surface area contributed by atoms with Crippen molar-refractivity contribution in [3.63, 3.8) is 0 Å². The van der Waals surface area contributed by atoms with Crippen molar-refractivity contribution < 1.29 is 14.3 Å². The number of hydrogen-bond donors (Lipinski definition) is 0. The highest BCUT2D eigenvalue weighted by molar-refractivity contribution is 5.95. The minimum Gasteiger partial charge on any atom is -0.379 e. The molecule has 1 atom stereocenters. The summed E-state index contributed by atoms with van der Waals surface area (Å²) in [5, 5.41) is 0. The summed E-state index contributed by atoms with van der Waals surface area (Å²) in [6.07, 6.45) is 1.29. The third-order valence-electron chi connectivity index (χ3n) is 8.30. The second-order valence-corrected chi connectivity index (χ2v) is 11.4. The van der Waals surface area contributed by atoms with Crippen molar-refractivity contribution in [1.82, 2.24) is 24.3 Å². The lowest BCUT2D eigenvalue weighted by atomic mass is 9.98. The van der Waals surface area contributed by atoms with E-state index in [0.29, 0.717) is 36.4 Å². The number of aryl methyl sites for hydroxylation is 2. The summed E-state index contributed by atoms with van der Waals surface area (Å²) in [5.74, 6) is -0.208. The summed E-state index contributed by atoms with van der Waals surface area (Å²) in [6, 6.07) is 19.4. The quantitative estimate of drug-likeness (QED) is 0.314. The van der Waals surface area contributed by atoms with Crippen molar-refractivity contribution in [3.8, 4) is 11.1 Å². The number of amides is 2. The average Bonchev–Trinajstić information content (AvgIpc) is 3.02. The third-order valence-corrected chi connectivity index (χ3v) is 8.30. The maximum atomic E-state index is 13.8. The molecule has 9 nitrogen and oxygen atoms in total. The monoisotopic (exact) mass is 581 g/mol. The number of nitrogens with zero attached hydrogens (tertiary/aromatic N) is 5. The van der Waals surface area contributed by atoms with Crippen molar-refractivity contribution in [2.45, 2.75) is 26.4 Å². The lowest BCUT2D eigenvalue weighted by Crippen LogP contribution is -2.45. The molecule has 1 fully saturated rings. The number of fused-ring (bicyclic) bond motifs is 1. The number of carbonyl (C=O) groups is 2. The van der Waals surface area contributed by atoms with Crippen LogP contribution in [0.3, 0.4) is 0 Å². The molecule has 0 bridgehead atoms. The molecule has 0 radical (unpaired) electrons. The van der Waals surface area contributed by atoms with Crippen LogP contribution in [-0.4, -0.2) is 90.1 Å². The van der Waals surface area contributed by atoms with Crippen molar-refractivity contribution in [3.05, 3.63) is 99.5 Å². The molecule has 224 valence electrons. The van der Waals surface area contributed by atoms with Gasteiger partial charge in [-0.25, -0.2) is 4.98 Å². The summed E-state index contributed by atoms with van der Waals surface area (Å²) in [5.41, 5.74) is 6.71. The molecule has 0 N–H and O–H groups in total. The van der Waals surface area contributed by atoms with Crippen LogP contribution in [0, 0.1) is 13.8 Å². The highest BCUT2D eigenvalue weighted by Crippen LogP contribution is 2.27. The van der Waals surface area contributed by atoms with Crippen molar-refractivity contribution in [2.24, 2.45) is 0 Å². The van der Waals surface area contributed by atoms with Crippen molar-refractivity contribution in [1.29, 1.82) is 0 Å². The van der Waals surface area contributed by atoms with Crippen LogP contribution in [0.2, 0.25) is 0 Å². The minimum absolute atomic E-state index is 0.0458. The minimum atomic E-state index is -0.304. The highest BCUT2D eigenvalue weighted by atomic mass is 16.5. The zero-order valence-electron chi connectivity index (χ0n) is 25.5. The topological polar surface area (TPSA) is 88.0 Å². The lowest BCUT2D eigenvalue weighted by Gasteiger charge is -2.35. The predicted molar refractivity (Wildman–Crippen MR) is 168 cm³/mol. The fourth-order valence-electron chi connectivity index (χ4n) is 5.47. The zero-order chi connectivity index (χ0) is 30.7. The van der Waals surface area contributed by atoms with E-state index in [-0.39, 0.29) is 30.0 Å². The Morgan fingerprint density at radius 3 is 2.33 bits per heavy atom. The molecule has 1 saturated heterocycles. The Morgan fingerprint density at radius 1 is 0.930 bits per heavy atom. The zero-order valence-corrected chi connectivity index (χ0v) is 25.5. The van der Waals surface area contributed by atoms with Gasteiger partial charge in [-0.2, -0.15) is 0 Å². The Bertz CT molecular complexity index is 1690. The van der Waals surface area contributed by atoms with Gasteiger partial charge in [-0.3, -0.25) is 23.9 Å². The molecule has 4 aromatic rings.